The summed E-state index contributed by atoms with van der Waals surface area (Å²) in [5.41, 5.74) is 0.491. The van der Waals surface area contributed by atoms with Gasteiger partial charge in [-0.1, -0.05) is 26.7 Å². The van der Waals surface area contributed by atoms with Crippen LogP contribution in [0.1, 0.15) is 71.6 Å². The van der Waals surface area contributed by atoms with E-state index in [1.165, 1.54) is 44.9 Å². The topological polar surface area (TPSA) is 36.7 Å². The Kier molecular flexibility index (Phi) is 4.31. The smallest absolute Gasteiger partial charge is 0.298 e. The summed E-state index contributed by atoms with van der Waals surface area (Å²) in [6.07, 6.45) is 16.1. The number of Topliss-reactive ketones (excluding diaryl/α,β-unsaturated/α-hetero) is 1. The average molecular weight is 388 g/mol. The second kappa shape index (κ2) is 6.37. The molecule has 0 aromatic carbocycles. The van der Waals surface area contributed by atoms with Crippen LogP contribution in [0.3, 0.4) is 0 Å². The molecular weight excluding hydrogens is 352 g/mol. The molecule has 0 saturated heterocycles. The standard InChI is InChI=1S/C23H34N2OS/c1-22-10-5-4-6-15(22)7-8-16-17(22)9-11-23(2)18(16)14-19(20(23)26)27-21-24-12-13-25(21)3/h12-13,15-19H,4-11,14H2,1-3H3/p+1. The summed E-state index contributed by atoms with van der Waals surface area (Å²) in [5, 5.41) is 1.26. The number of thioether (sulfide) groups is 1. The number of aryl methyl sites for hydroxylation is 1. The van der Waals surface area contributed by atoms with Gasteiger partial charge < -0.3 is 0 Å². The number of nitrogens with zero attached hydrogens (tertiary/aromatic N) is 1. The third-order valence-electron chi connectivity index (χ3n) is 9.38. The van der Waals surface area contributed by atoms with Gasteiger partial charge in [0.15, 0.2) is 5.78 Å². The van der Waals surface area contributed by atoms with Crippen LogP contribution < -0.4 is 4.57 Å². The first-order valence-corrected chi connectivity index (χ1v) is 12.1. The van der Waals surface area contributed by atoms with Gasteiger partial charge in [-0.15, -0.1) is 0 Å². The first kappa shape index (κ1) is 18.3. The summed E-state index contributed by atoms with van der Waals surface area (Å²) in [7, 11) is 2.06. The Hall–Kier alpha value is -0.770. The number of aromatic amines is 1. The van der Waals surface area contributed by atoms with E-state index in [1.807, 2.05) is 12.4 Å². The van der Waals surface area contributed by atoms with Gasteiger partial charge in [0.2, 0.25) is 0 Å². The summed E-state index contributed by atoms with van der Waals surface area (Å²) in [6, 6.07) is 0. The number of carbonyl (C=O) groups excluding carboxylic acids is 1. The summed E-state index contributed by atoms with van der Waals surface area (Å²) >= 11 is 1.78. The second-order valence-electron chi connectivity index (χ2n) is 10.4. The SMILES string of the molecule is C[n+]1cc[nH]c1SC1CC2C3CCC4CCCCC4(C)C3CCC2(C)C1=O. The van der Waals surface area contributed by atoms with Crippen LogP contribution in [0.2, 0.25) is 0 Å². The molecular formula is C23H35N2OS+. The van der Waals surface area contributed by atoms with Crippen molar-refractivity contribution in [3.8, 4) is 0 Å². The minimum atomic E-state index is -0.0676. The highest BCUT2D eigenvalue weighted by Crippen LogP contribution is 2.66. The fourth-order valence-corrected chi connectivity index (χ4v) is 9.12. The maximum atomic E-state index is 13.5. The summed E-state index contributed by atoms with van der Waals surface area (Å²) < 4.78 is 2.11. The quantitative estimate of drug-likeness (QED) is 0.732. The van der Waals surface area contributed by atoms with E-state index >= 15 is 0 Å². The number of nitrogens with one attached hydrogen (secondary N) is 1. The van der Waals surface area contributed by atoms with Crippen LogP contribution in [0.25, 0.3) is 0 Å². The highest BCUT2D eigenvalue weighted by atomic mass is 32.2. The lowest BCUT2D eigenvalue weighted by Crippen LogP contribution is -2.52. The van der Waals surface area contributed by atoms with E-state index in [4.69, 9.17) is 0 Å². The summed E-state index contributed by atoms with van der Waals surface area (Å²) in [4.78, 5) is 16.8. The molecule has 4 saturated carbocycles. The van der Waals surface area contributed by atoms with Crippen LogP contribution in [-0.4, -0.2) is 16.0 Å². The Morgan fingerprint density at radius 3 is 2.74 bits per heavy atom. The molecule has 0 amide bonds. The van der Waals surface area contributed by atoms with Crippen molar-refractivity contribution < 1.29 is 9.36 Å². The van der Waals surface area contributed by atoms with Crippen molar-refractivity contribution in [3.63, 3.8) is 0 Å². The number of fused-ring (bicyclic) bond motifs is 5. The highest BCUT2D eigenvalue weighted by Gasteiger charge is 2.62. The number of ketones is 1. The molecule has 4 heteroatoms. The zero-order chi connectivity index (χ0) is 18.8. The molecule has 1 N–H and O–H groups in total. The Morgan fingerprint density at radius 2 is 1.96 bits per heavy atom. The molecule has 7 atom stereocenters. The van der Waals surface area contributed by atoms with Crippen LogP contribution in [-0.2, 0) is 11.8 Å². The molecule has 7 unspecified atom stereocenters. The predicted octanol–water partition coefficient (Wildman–Crippen LogP) is 4.91. The van der Waals surface area contributed by atoms with Gasteiger partial charge in [0.1, 0.15) is 12.4 Å². The molecule has 0 spiro atoms. The van der Waals surface area contributed by atoms with Gasteiger partial charge in [0.25, 0.3) is 0 Å². The minimum Gasteiger partial charge on any atom is -0.298 e. The van der Waals surface area contributed by atoms with Crippen LogP contribution in [0.4, 0.5) is 0 Å². The van der Waals surface area contributed by atoms with Gasteiger partial charge in [0, 0.05) is 5.41 Å². The molecule has 1 aromatic heterocycles. The lowest BCUT2D eigenvalue weighted by Gasteiger charge is -2.59. The Morgan fingerprint density at radius 1 is 1.11 bits per heavy atom. The van der Waals surface area contributed by atoms with Crippen molar-refractivity contribution in [1.82, 2.24) is 4.98 Å². The molecule has 4 fully saturated rings. The number of carbonyl (C=O) groups is 1. The molecule has 27 heavy (non-hydrogen) atoms. The summed E-state index contributed by atoms with van der Waals surface area (Å²) in [5.74, 6) is 3.77. The third-order valence-corrected chi connectivity index (χ3v) is 10.7. The fourth-order valence-electron chi connectivity index (χ4n) is 7.80. The Labute approximate surface area is 168 Å². The molecule has 0 radical (unpaired) electrons. The molecule has 0 aliphatic heterocycles. The lowest BCUT2D eigenvalue weighted by molar-refractivity contribution is -0.708. The van der Waals surface area contributed by atoms with E-state index in [1.54, 1.807) is 11.8 Å². The van der Waals surface area contributed by atoms with Crippen LogP contribution in [0, 0.1) is 34.5 Å². The lowest BCUT2D eigenvalue weighted by atomic mass is 9.45. The molecule has 1 heterocycles. The minimum absolute atomic E-state index is 0.0676. The van der Waals surface area contributed by atoms with Crippen LogP contribution >= 0.6 is 11.8 Å². The van der Waals surface area contributed by atoms with E-state index in [0.29, 0.717) is 17.1 Å². The van der Waals surface area contributed by atoms with Crippen LogP contribution in [0.5, 0.6) is 0 Å². The molecule has 4 aliphatic carbocycles. The van der Waals surface area contributed by atoms with Gasteiger partial charge in [-0.25, -0.2) is 9.55 Å². The van der Waals surface area contributed by atoms with E-state index in [2.05, 4.69) is 30.4 Å². The normalized spacial score (nSPS) is 46.6. The molecule has 148 valence electrons. The largest absolute Gasteiger partial charge is 0.316 e. The van der Waals surface area contributed by atoms with Crippen molar-refractivity contribution in [2.24, 2.45) is 41.5 Å². The summed E-state index contributed by atoms with van der Waals surface area (Å²) in [6.45, 7) is 4.94. The number of imidazole rings is 1. The van der Waals surface area contributed by atoms with Gasteiger partial charge in [-0.2, -0.15) is 0 Å². The zero-order valence-electron chi connectivity index (χ0n) is 17.2. The van der Waals surface area contributed by atoms with Crippen molar-refractivity contribution in [3.05, 3.63) is 12.4 Å². The molecule has 0 bridgehead atoms. The Balaban J connectivity index is 1.41. The van der Waals surface area contributed by atoms with Crippen molar-refractivity contribution in [1.29, 1.82) is 0 Å². The first-order chi connectivity index (χ1) is 12.9. The maximum Gasteiger partial charge on any atom is 0.316 e. The van der Waals surface area contributed by atoms with Gasteiger partial charge in [-0.05, 0) is 85.8 Å². The van der Waals surface area contributed by atoms with Gasteiger partial charge >= 0.3 is 5.16 Å². The highest BCUT2D eigenvalue weighted by molar-refractivity contribution is 8.00. The van der Waals surface area contributed by atoms with E-state index in [9.17, 15) is 4.79 Å². The zero-order valence-corrected chi connectivity index (χ0v) is 18.0. The second-order valence-corrected chi connectivity index (χ2v) is 11.6. The van der Waals surface area contributed by atoms with E-state index < -0.39 is 0 Å². The number of hydrogen-bond acceptors (Lipinski definition) is 2. The average Bonchev–Trinajstić information content (AvgIpc) is 3.17. The van der Waals surface area contributed by atoms with Crippen LogP contribution in [0.15, 0.2) is 17.6 Å². The number of rotatable bonds is 2. The van der Waals surface area contributed by atoms with E-state index in [-0.39, 0.29) is 10.7 Å². The monoisotopic (exact) mass is 387 g/mol. The number of aromatic nitrogens is 2. The molecule has 5 rings (SSSR count). The van der Waals surface area contributed by atoms with Crippen molar-refractivity contribution in [2.75, 3.05) is 0 Å². The molecule has 3 nitrogen and oxygen atoms in total. The van der Waals surface area contributed by atoms with Gasteiger partial charge in [-0.3, -0.25) is 4.79 Å². The predicted molar refractivity (Wildman–Crippen MR) is 108 cm³/mol. The van der Waals surface area contributed by atoms with Gasteiger partial charge in [0.05, 0.1) is 12.3 Å². The molecule has 4 aliphatic rings. The number of hydrogen-bond donors (Lipinski definition) is 1. The first-order valence-electron chi connectivity index (χ1n) is 11.2. The maximum absolute atomic E-state index is 13.5. The Bertz CT molecular complexity index is 744. The van der Waals surface area contributed by atoms with E-state index in [0.717, 1.165) is 35.8 Å². The van der Waals surface area contributed by atoms with Crippen molar-refractivity contribution in [2.45, 2.75) is 82.0 Å². The molecule has 1 aromatic rings. The number of H-pyrrole nitrogens is 1. The third kappa shape index (κ3) is 2.61. The van der Waals surface area contributed by atoms with Crippen molar-refractivity contribution >= 4 is 17.5 Å². The fraction of sp³-hybridized carbons (Fsp3) is 0.826.